The van der Waals surface area contributed by atoms with Gasteiger partial charge in [0.25, 0.3) is 5.91 Å². The van der Waals surface area contributed by atoms with E-state index >= 15 is 0 Å². The number of benzene rings is 2. The maximum Gasteiger partial charge on any atom is 0.416 e. The molecule has 2 rings (SSSR count). The number of amides is 1. The molecule has 144 valence electrons. The van der Waals surface area contributed by atoms with E-state index in [4.69, 9.17) is 5.11 Å². The average Bonchev–Trinajstić information content (AvgIpc) is 2.59. The van der Waals surface area contributed by atoms with Gasteiger partial charge in [0.15, 0.2) is 0 Å². The second kappa shape index (κ2) is 8.66. The summed E-state index contributed by atoms with van der Waals surface area (Å²) in [4.78, 5) is 23.1. The molecule has 0 fully saturated rings. The van der Waals surface area contributed by atoms with Gasteiger partial charge in [0.1, 0.15) is 5.82 Å². The monoisotopic (exact) mass is 383 g/mol. The molecule has 0 aliphatic rings. The first-order valence-electron chi connectivity index (χ1n) is 8.10. The van der Waals surface area contributed by atoms with E-state index in [-0.39, 0.29) is 19.3 Å². The van der Waals surface area contributed by atoms with Gasteiger partial charge in [-0.3, -0.25) is 9.59 Å². The molecular formula is C19H17F4NO3. The molecule has 1 unspecified atom stereocenters. The number of hydrogen-bond acceptors (Lipinski definition) is 2. The van der Waals surface area contributed by atoms with Gasteiger partial charge in [0.2, 0.25) is 0 Å². The first-order valence-corrected chi connectivity index (χ1v) is 8.10. The van der Waals surface area contributed by atoms with E-state index in [0.29, 0.717) is 18.2 Å². The Bertz CT molecular complexity index is 806. The summed E-state index contributed by atoms with van der Waals surface area (Å²) < 4.78 is 52.3. The van der Waals surface area contributed by atoms with Crippen molar-refractivity contribution in [2.45, 2.75) is 31.5 Å². The van der Waals surface area contributed by atoms with Crippen molar-refractivity contribution in [3.8, 4) is 0 Å². The van der Waals surface area contributed by atoms with Gasteiger partial charge in [-0.25, -0.2) is 4.39 Å². The Morgan fingerprint density at radius 1 is 1.07 bits per heavy atom. The maximum absolute atomic E-state index is 13.9. The summed E-state index contributed by atoms with van der Waals surface area (Å²) in [6.45, 7) is 0. The topological polar surface area (TPSA) is 66.4 Å². The molecule has 0 aromatic heterocycles. The van der Waals surface area contributed by atoms with Crippen LogP contribution in [0.15, 0.2) is 48.5 Å². The van der Waals surface area contributed by atoms with Crippen LogP contribution < -0.4 is 5.32 Å². The second-order valence-electron chi connectivity index (χ2n) is 5.98. The Morgan fingerprint density at radius 3 is 2.33 bits per heavy atom. The summed E-state index contributed by atoms with van der Waals surface area (Å²) in [5, 5.41) is 11.3. The third-order valence-electron chi connectivity index (χ3n) is 3.91. The summed E-state index contributed by atoms with van der Waals surface area (Å²) in [6, 6.07) is 9.75. The van der Waals surface area contributed by atoms with E-state index in [1.807, 2.05) is 0 Å². The van der Waals surface area contributed by atoms with Crippen LogP contribution in [0, 0.1) is 5.82 Å². The van der Waals surface area contributed by atoms with Crippen LogP contribution in [-0.4, -0.2) is 23.0 Å². The Kier molecular flexibility index (Phi) is 6.55. The molecule has 1 atom stereocenters. The van der Waals surface area contributed by atoms with Gasteiger partial charge in [-0.1, -0.05) is 30.3 Å². The molecule has 0 aliphatic heterocycles. The lowest BCUT2D eigenvalue weighted by Gasteiger charge is -2.19. The first-order chi connectivity index (χ1) is 12.7. The fourth-order valence-electron chi connectivity index (χ4n) is 2.56. The van der Waals surface area contributed by atoms with E-state index in [1.165, 1.54) is 0 Å². The number of aliphatic carboxylic acids is 1. The molecule has 0 heterocycles. The highest BCUT2D eigenvalue weighted by molar-refractivity contribution is 5.95. The Hall–Kier alpha value is -2.90. The number of hydrogen-bond donors (Lipinski definition) is 2. The van der Waals surface area contributed by atoms with Gasteiger partial charge >= 0.3 is 12.1 Å². The van der Waals surface area contributed by atoms with Gasteiger partial charge in [-0.05, 0) is 36.6 Å². The van der Waals surface area contributed by atoms with Crippen molar-refractivity contribution in [2.75, 3.05) is 0 Å². The van der Waals surface area contributed by atoms with Crippen LogP contribution in [0.4, 0.5) is 17.6 Å². The minimum absolute atomic E-state index is 0.0521. The molecule has 0 saturated carbocycles. The lowest BCUT2D eigenvalue weighted by Crippen LogP contribution is -2.37. The number of rotatable bonds is 7. The van der Waals surface area contributed by atoms with Crippen LogP contribution in [0.25, 0.3) is 0 Å². The Balaban J connectivity index is 2.20. The molecule has 0 spiro atoms. The number of carboxylic acids is 1. The summed E-state index contributed by atoms with van der Waals surface area (Å²) >= 11 is 0. The van der Waals surface area contributed by atoms with Crippen molar-refractivity contribution in [3.05, 3.63) is 71.0 Å². The number of carboxylic acid groups (broad SMARTS) is 1. The smallest absolute Gasteiger partial charge is 0.416 e. The van der Waals surface area contributed by atoms with Crippen molar-refractivity contribution >= 4 is 11.9 Å². The standard InChI is InChI=1S/C19H17F4NO3/c20-16-8-6-13(19(21,22)23)11-15(16)18(27)24-14(7-9-17(25)26)10-12-4-2-1-3-5-12/h1-6,8,11,14H,7,9-10H2,(H,24,27)(H,25,26). The second-order valence-corrected chi connectivity index (χ2v) is 5.98. The molecule has 2 aromatic rings. The van der Waals surface area contributed by atoms with Crippen LogP contribution in [0.3, 0.4) is 0 Å². The zero-order valence-electron chi connectivity index (χ0n) is 14.1. The number of nitrogens with one attached hydrogen (secondary N) is 1. The zero-order chi connectivity index (χ0) is 20.0. The predicted molar refractivity (Wildman–Crippen MR) is 89.7 cm³/mol. The largest absolute Gasteiger partial charge is 0.481 e. The molecule has 2 N–H and O–H groups in total. The van der Waals surface area contributed by atoms with Gasteiger partial charge in [-0.15, -0.1) is 0 Å². The summed E-state index contributed by atoms with van der Waals surface area (Å²) in [7, 11) is 0. The van der Waals surface area contributed by atoms with E-state index < -0.39 is 41.0 Å². The summed E-state index contributed by atoms with van der Waals surface area (Å²) in [5.74, 6) is -3.19. The van der Waals surface area contributed by atoms with Crippen molar-refractivity contribution in [3.63, 3.8) is 0 Å². The normalized spacial score (nSPS) is 12.4. The Morgan fingerprint density at radius 2 is 1.74 bits per heavy atom. The van der Waals surface area contributed by atoms with Gasteiger partial charge in [-0.2, -0.15) is 13.2 Å². The van der Waals surface area contributed by atoms with E-state index in [2.05, 4.69) is 5.32 Å². The highest BCUT2D eigenvalue weighted by Gasteiger charge is 2.32. The average molecular weight is 383 g/mol. The fourth-order valence-corrected chi connectivity index (χ4v) is 2.56. The van der Waals surface area contributed by atoms with Crippen LogP contribution in [-0.2, 0) is 17.4 Å². The van der Waals surface area contributed by atoms with Gasteiger partial charge in [0.05, 0.1) is 11.1 Å². The molecule has 0 saturated heterocycles. The minimum atomic E-state index is -4.71. The maximum atomic E-state index is 13.9. The minimum Gasteiger partial charge on any atom is -0.481 e. The third-order valence-corrected chi connectivity index (χ3v) is 3.91. The zero-order valence-corrected chi connectivity index (χ0v) is 14.1. The van der Waals surface area contributed by atoms with Crippen LogP contribution in [0.1, 0.15) is 34.3 Å². The molecule has 0 aliphatic carbocycles. The third kappa shape index (κ3) is 6.09. The fraction of sp³-hybridized carbons (Fsp3) is 0.263. The Labute approximate surface area is 152 Å². The highest BCUT2D eigenvalue weighted by Crippen LogP contribution is 2.30. The highest BCUT2D eigenvalue weighted by atomic mass is 19.4. The number of carbonyl (C=O) groups excluding carboxylic acids is 1. The first kappa shape index (κ1) is 20.4. The quantitative estimate of drug-likeness (QED) is 0.709. The number of carbonyl (C=O) groups is 2. The summed E-state index contributed by atoms with van der Waals surface area (Å²) in [6.07, 6.45) is -4.64. The van der Waals surface area contributed by atoms with Gasteiger partial charge in [0, 0.05) is 12.5 Å². The molecule has 2 aromatic carbocycles. The van der Waals surface area contributed by atoms with E-state index in [1.54, 1.807) is 30.3 Å². The van der Waals surface area contributed by atoms with Crippen LogP contribution in [0.2, 0.25) is 0 Å². The van der Waals surface area contributed by atoms with Crippen molar-refractivity contribution in [2.24, 2.45) is 0 Å². The predicted octanol–water partition coefficient (Wildman–Crippen LogP) is 4.05. The molecule has 0 radical (unpaired) electrons. The van der Waals surface area contributed by atoms with Crippen LogP contribution >= 0.6 is 0 Å². The van der Waals surface area contributed by atoms with E-state index in [0.717, 1.165) is 5.56 Å². The summed E-state index contributed by atoms with van der Waals surface area (Å²) in [5.41, 5.74) is -1.07. The molecule has 27 heavy (non-hydrogen) atoms. The van der Waals surface area contributed by atoms with Crippen molar-refractivity contribution in [1.82, 2.24) is 5.32 Å². The van der Waals surface area contributed by atoms with Crippen molar-refractivity contribution in [1.29, 1.82) is 0 Å². The molecule has 0 bridgehead atoms. The molecular weight excluding hydrogens is 366 g/mol. The molecule has 4 nitrogen and oxygen atoms in total. The van der Waals surface area contributed by atoms with Crippen molar-refractivity contribution < 1.29 is 32.3 Å². The van der Waals surface area contributed by atoms with Gasteiger partial charge < -0.3 is 10.4 Å². The van der Waals surface area contributed by atoms with Crippen LogP contribution in [0.5, 0.6) is 0 Å². The molecule has 8 heteroatoms. The number of alkyl halides is 3. The number of halogens is 4. The lowest BCUT2D eigenvalue weighted by molar-refractivity contribution is -0.138. The lowest BCUT2D eigenvalue weighted by atomic mass is 10.0. The SMILES string of the molecule is O=C(O)CCC(Cc1ccccc1)NC(=O)c1cc(C(F)(F)F)ccc1F. The van der Waals surface area contributed by atoms with E-state index in [9.17, 15) is 27.2 Å². The molecule has 1 amide bonds.